The fourth-order valence-corrected chi connectivity index (χ4v) is 3.03. The Morgan fingerprint density at radius 3 is 2.50 bits per heavy atom. The number of benzene rings is 1. The normalized spacial score (nSPS) is 14.3. The van der Waals surface area contributed by atoms with Gasteiger partial charge in [0.2, 0.25) is 0 Å². The predicted octanol–water partition coefficient (Wildman–Crippen LogP) is 2.78. The van der Waals surface area contributed by atoms with Crippen molar-refractivity contribution in [2.45, 2.75) is 24.9 Å². The van der Waals surface area contributed by atoms with Gasteiger partial charge in [0, 0.05) is 17.3 Å². The van der Waals surface area contributed by atoms with Gasteiger partial charge in [0.1, 0.15) is 0 Å². The largest absolute Gasteiger partial charge is 0.392 e. The summed E-state index contributed by atoms with van der Waals surface area (Å²) in [5.74, 6) is 0.0636. The van der Waals surface area contributed by atoms with Crippen LogP contribution in [0.1, 0.15) is 22.8 Å². The molecule has 2 rings (SSSR count). The molecule has 3 N–H and O–H groups in total. The summed E-state index contributed by atoms with van der Waals surface area (Å²) in [4.78, 5) is 1.18. The lowest BCUT2D eigenvalue weighted by Crippen LogP contribution is -2.25. The molecule has 0 saturated heterocycles. The van der Waals surface area contributed by atoms with Crippen LogP contribution in [-0.4, -0.2) is 17.8 Å². The maximum Gasteiger partial charge on any atom is 0.0632 e. The van der Waals surface area contributed by atoms with Crippen LogP contribution in [-0.2, 0) is 6.42 Å². The Bertz CT molecular complexity index is 441. The van der Waals surface area contributed by atoms with E-state index in [9.17, 15) is 5.11 Å². The molecule has 1 aromatic heterocycles. The fraction of sp³-hybridized carbons (Fsp3) is 0.333. The minimum absolute atomic E-state index is 0.0636. The van der Waals surface area contributed by atoms with Gasteiger partial charge in [-0.3, -0.25) is 0 Å². The number of aliphatic hydroxyl groups excluding tert-OH is 1. The highest BCUT2D eigenvalue weighted by Gasteiger charge is 2.20. The van der Waals surface area contributed by atoms with Crippen LogP contribution in [0.2, 0.25) is 0 Å². The summed E-state index contributed by atoms with van der Waals surface area (Å²) in [5.41, 5.74) is 7.04. The smallest absolute Gasteiger partial charge is 0.0632 e. The number of thiophene rings is 1. The van der Waals surface area contributed by atoms with E-state index in [4.69, 9.17) is 5.73 Å². The molecule has 0 aliphatic carbocycles. The third-order valence-electron chi connectivity index (χ3n) is 3.20. The molecule has 0 saturated carbocycles. The summed E-state index contributed by atoms with van der Waals surface area (Å²) in [6.45, 7) is 0.496. The van der Waals surface area contributed by atoms with Crippen LogP contribution in [0.15, 0.2) is 47.8 Å². The zero-order valence-electron chi connectivity index (χ0n) is 10.3. The first kappa shape index (κ1) is 13.3. The second-order valence-electron chi connectivity index (χ2n) is 4.45. The maximum absolute atomic E-state index is 10.3. The highest BCUT2D eigenvalue weighted by atomic mass is 32.1. The van der Waals surface area contributed by atoms with Gasteiger partial charge in [-0.15, -0.1) is 11.3 Å². The Balaban J connectivity index is 1.92. The summed E-state index contributed by atoms with van der Waals surface area (Å²) in [5, 5.41) is 12.3. The molecule has 2 nitrogen and oxygen atoms in total. The number of hydrogen-bond donors (Lipinski definition) is 2. The van der Waals surface area contributed by atoms with Crippen molar-refractivity contribution in [3.05, 3.63) is 58.3 Å². The summed E-state index contributed by atoms with van der Waals surface area (Å²) in [6.07, 6.45) is 1.28. The quantitative estimate of drug-likeness (QED) is 0.840. The topological polar surface area (TPSA) is 46.2 Å². The van der Waals surface area contributed by atoms with Crippen molar-refractivity contribution < 1.29 is 5.11 Å². The maximum atomic E-state index is 10.3. The predicted molar refractivity (Wildman–Crippen MR) is 76.9 cm³/mol. The van der Waals surface area contributed by atoms with Gasteiger partial charge in [0.05, 0.1) is 6.10 Å². The first-order valence-electron chi connectivity index (χ1n) is 6.26. The van der Waals surface area contributed by atoms with Gasteiger partial charge in [-0.1, -0.05) is 36.4 Å². The molecule has 0 spiro atoms. The van der Waals surface area contributed by atoms with E-state index in [2.05, 4.69) is 12.1 Å². The van der Waals surface area contributed by atoms with E-state index < -0.39 is 0 Å². The Hall–Kier alpha value is -1.16. The average Bonchev–Trinajstić information content (AvgIpc) is 2.92. The highest BCUT2D eigenvalue weighted by Crippen LogP contribution is 2.25. The highest BCUT2D eigenvalue weighted by molar-refractivity contribution is 7.10. The van der Waals surface area contributed by atoms with E-state index in [-0.39, 0.29) is 12.0 Å². The minimum atomic E-state index is -0.367. The zero-order valence-corrected chi connectivity index (χ0v) is 11.1. The van der Waals surface area contributed by atoms with Gasteiger partial charge in [-0.2, -0.15) is 0 Å². The number of aryl methyl sites for hydroxylation is 1. The summed E-state index contributed by atoms with van der Waals surface area (Å²) in [6, 6.07) is 14.3. The molecule has 1 aromatic carbocycles. The minimum Gasteiger partial charge on any atom is -0.392 e. The number of nitrogens with two attached hydrogens (primary N) is 1. The van der Waals surface area contributed by atoms with Crippen LogP contribution in [0, 0.1) is 0 Å². The van der Waals surface area contributed by atoms with Crippen LogP contribution >= 0.6 is 11.3 Å². The number of aliphatic hydroxyl groups is 1. The SMILES string of the molecule is NCC(c1cccs1)C(O)CCc1ccccc1. The van der Waals surface area contributed by atoms with Crippen molar-refractivity contribution in [1.29, 1.82) is 0 Å². The van der Waals surface area contributed by atoms with Crippen LogP contribution in [0.4, 0.5) is 0 Å². The fourth-order valence-electron chi connectivity index (χ4n) is 2.13. The lowest BCUT2D eigenvalue weighted by molar-refractivity contribution is 0.137. The zero-order chi connectivity index (χ0) is 12.8. The molecule has 2 aromatic rings. The van der Waals surface area contributed by atoms with Crippen molar-refractivity contribution >= 4 is 11.3 Å². The Kier molecular flexibility index (Phi) is 4.93. The van der Waals surface area contributed by atoms with Crippen molar-refractivity contribution in [3.63, 3.8) is 0 Å². The van der Waals surface area contributed by atoms with Crippen LogP contribution in [0.25, 0.3) is 0 Å². The lowest BCUT2D eigenvalue weighted by Gasteiger charge is -2.20. The van der Waals surface area contributed by atoms with Crippen LogP contribution in [0.3, 0.4) is 0 Å². The molecule has 18 heavy (non-hydrogen) atoms. The summed E-state index contributed by atoms with van der Waals surface area (Å²) < 4.78 is 0. The van der Waals surface area contributed by atoms with Gasteiger partial charge in [0.15, 0.2) is 0 Å². The third-order valence-corrected chi connectivity index (χ3v) is 4.20. The van der Waals surface area contributed by atoms with Gasteiger partial charge in [0.25, 0.3) is 0 Å². The van der Waals surface area contributed by atoms with E-state index >= 15 is 0 Å². The molecule has 0 aliphatic rings. The summed E-state index contributed by atoms with van der Waals surface area (Å²) >= 11 is 1.67. The van der Waals surface area contributed by atoms with E-state index in [1.165, 1.54) is 10.4 Å². The molecule has 2 unspecified atom stereocenters. The molecule has 1 heterocycles. The summed E-state index contributed by atoms with van der Waals surface area (Å²) in [7, 11) is 0. The first-order valence-corrected chi connectivity index (χ1v) is 7.14. The second-order valence-corrected chi connectivity index (χ2v) is 5.43. The molecule has 0 fully saturated rings. The van der Waals surface area contributed by atoms with Crippen molar-refractivity contribution in [3.8, 4) is 0 Å². The van der Waals surface area contributed by atoms with E-state index in [0.717, 1.165) is 12.8 Å². The Labute approximate surface area is 112 Å². The molecular formula is C15H19NOS. The van der Waals surface area contributed by atoms with Gasteiger partial charge >= 0.3 is 0 Å². The van der Waals surface area contributed by atoms with Gasteiger partial charge in [-0.05, 0) is 29.9 Å². The van der Waals surface area contributed by atoms with E-state index in [1.54, 1.807) is 11.3 Å². The Morgan fingerprint density at radius 2 is 1.89 bits per heavy atom. The standard InChI is InChI=1S/C15H19NOS/c16-11-13(15-7-4-10-18-15)14(17)9-8-12-5-2-1-3-6-12/h1-7,10,13-14,17H,8-9,11,16H2. The lowest BCUT2D eigenvalue weighted by atomic mass is 9.95. The average molecular weight is 261 g/mol. The van der Waals surface area contributed by atoms with E-state index in [0.29, 0.717) is 6.54 Å². The molecule has 0 amide bonds. The van der Waals surface area contributed by atoms with Crippen molar-refractivity contribution in [2.75, 3.05) is 6.54 Å². The molecule has 3 heteroatoms. The molecule has 0 radical (unpaired) electrons. The second kappa shape index (κ2) is 6.69. The monoisotopic (exact) mass is 261 g/mol. The molecule has 2 atom stereocenters. The third kappa shape index (κ3) is 3.42. The van der Waals surface area contributed by atoms with Gasteiger partial charge in [-0.25, -0.2) is 0 Å². The van der Waals surface area contributed by atoms with Crippen LogP contribution in [0.5, 0.6) is 0 Å². The van der Waals surface area contributed by atoms with Gasteiger partial charge < -0.3 is 10.8 Å². The molecule has 0 aliphatic heterocycles. The van der Waals surface area contributed by atoms with Crippen molar-refractivity contribution in [1.82, 2.24) is 0 Å². The van der Waals surface area contributed by atoms with Crippen LogP contribution < -0.4 is 5.73 Å². The van der Waals surface area contributed by atoms with E-state index in [1.807, 2.05) is 35.7 Å². The number of hydrogen-bond acceptors (Lipinski definition) is 3. The van der Waals surface area contributed by atoms with Crippen molar-refractivity contribution in [2.24, 2.45) is 5.73 Å². The molecular weight excluding hydrogens is 242 g/mol. The first-order chi connectivity index (χ1) is 8.81. The molecule has 0 bridgehead atoms. The number of rotatable bonds is 6. The Morgan fingerprint density at radius 1 is 1.11 bits per heavy atom. The molecule has 96 valence electrons.